The van der Waals surface area contributed by atoms with Gasteiger partial charge in [0.1, 0.15) is 5.82 Å². The van der Waals surface area contributed by atoms with Gasteiger partial charge in [-0.1, -0.05) is 27.7 Å². The second-order valence-electron chi connectivity index (χ2n) is 10.8. The lowest BCUT2D eigenvalue weighted by atomic mass is 9.82. The van der Waals surface area contributed by atoms with Gasteiger partial charge in [-0.15, -0.1) is 0 Å². The van der Waals surface area contributed by atoms with Crippen molar-refractivity contribution in [3.8, 4) is 0 Å². The number of aromatic nitrogens is 2. The molecular formula is C22H36F3N5O. The van der Waals surface area contributed by atoms with Gasteiger partial charge in [-0.25, -0.2) is 4.68 Å². The average Bonchev–Trinajstić information content (AvgIpc) is 3.24. The number of hydrogen-bond donors (Lipinski definition) is 2. The molecule has 0 radical (unpaired) electrons. The Bertz CT molecular complexity index is 796. The lowest BCUT2D eigenvalue weighted by molar-refractivity contribution is -0.175. The van der Waals surface area contributed by atoms with Crippen molar-refractivity contribution in [3.63, 3.8) is 0 Å². The van der Waals surface area contributed by atoms with Crippen LogP contribution < -0.4 is 10.6 Å². The molecule has 176 valence electrons. The Morgan fingerprint density at radius 2 is 1.94 bits per heavy atom. The third kappa shape index (κ3) is 5.54. The summed E-state index contributed by atoms with van der Waals surface area (Å²) in [5.74, 6) is 0.432. The highest BCUT2D eigenvalue weighted by atomic mass is 19.4. The molecule has 1 aromatic rings. The van der Waals surface area contributed by atoms with E-state index in [0.717, 1.165) is 24.1 Å². The summed E-state index contributed by atoms with van der Waals surface area (Å²) >= 11 is 0. The Labute approximate surface area is 182 Å². The highest BCUT2D eigenvalue weighted by Gasteiger charge is 2.48. The summed E-state index contributed by atoms with van der Waals surface area (Å²) in [6, 6.07) is -0.145. The minimum absolute atomic E-state index is 0.0221. The molecule has 0 saturated carbocycles. The minimum Gasteiger partial charge on any atom is -0.367 e. The first-order chi connectivity index (χ1) is 14.2. The number of nitrogens with zero attached hydrogens (tertiary/aromatic N) is 3. The highest BCUT2D eigenvalue weighted by Crippen LogP contribution is 2.44. The molecule has 3 atom stereocenters. The van der Waals surface area contributed by atoms with E-state index in [2.05, 4.69) is 20.6 Å². The van der Waals surface area contributed by atoms with Crippen LogP contribution in [-0.4, -0.2) is 58.0 Å². The van der Waals surface area contributed by atoms with Crippen molar-refractivity contribution < 1.29 is 18.0 Å². The van der Waals surface area contributed by atoms with Gasteiger partial charge in [0.15, 0.2) is 6.04 Å². The van der Waals surface area contributed by atoms with Crippen LogP contribution in [0.1, 0.15) is 78.5 Å². The van der Waals surface area contributed by atoms with Crippen LogP contribution in [0.5, 0.6) is 0 Å². The Kier molecular flexibility index (Phi) is 6.39. The fourth-order valence-corrected chi connectivity index (χ4v) is 4.29. The first-order valence-electron chi connectivity index (χ1n) is 11.2. The zero-order chi connectivity index (χ0) is 23.2. The molecule has 0 spiro atoms. The van der Waals surface area contributed by atoms with Gasteiger partial charge < -0.3 is 10.6 Å². The van der Waals surface area contributed by atoms with Crippen LogP contribution in [0.4, 0.5) is 19.0 Å². The van der Waals surface area contributed by atoms with Gasteiger partial charge in [-0.05, 0) is 45.1 Å². The van der Waals surface area contributed by atoms with Crippen molar-refractivity contribution in [2.24, 2.45) is 5.41 Å². The summed E-state index contributed by atoms with van der Waals surface area (Å²) in [5.41, 5.74) is 0.118. The van der Waals surface area contributed by atoms with Crippen molar-refractivity contribution >= 4 is 11.7 Å². The molecule has 2 aliphatic rings. The van der Waals surface area contributed by atoms with Gasteiger partial charge in [-0.2, -0.15) is 18.3 Å². The van der Waals surface area contributed by atoms with Crippen molar-refractivity contribution in [2.75, 3.05) is 25.0 Å². The number of rotatable bonds is 5. The molecule has 1 saturated heterocycles. The SMILES string of the molecule is CCC(C)(C)NC(=O)CN1CC[C@H](c2cc3n(n2)[C@@H](C(F)(F)F)C[C@@H](C(C)(C)C)N3)C1. The topological polar surface area (TPSA) is 62.2 Å². The molecule has 1 fully saturated rings. The molecule has 2 aliphatic heterocycles. The number of carbonyl (C=O) groups is 1. The maximum Gasteiger partial charge on any atom is 0.410 e. The van der Waals surface area contributed by atoms with E-state index in [1.807, 2.05) is 41.5 Å². The molecule has 3 rings (SSSR count). The Morgan fingerprint density at radius 1 is 1.26 bits per heavy atom. The van der Waals surface area contributed by atoms with Crippen molar-refractivity contribution in [1.82, 2.24) is 20.0 Å². The van der Waals surface area contributed by atoms with Crippen molar-refractivity contribution in [3.05, 3.63) is 11.8 Å². The fourth-order valence-electron chi connectivity index (χ4n) is 4.29. The van der Waals surface area contributed by atoms with Gasteiger partial charge in [0.05, 0.1) is 12.2 Å². The Hall–Kier alpha value is -1.77. The summed E-state index contributed by atoms with van der Waals surface area (Å²) < 4.78 is 42.5. The Morgan fingerprint density at radius 3 is 2.52 bits per heavy atom. The van der Waals surface area contributed by atoms with E-state index in [9.17, 15) is 18.0 Å². The molecule has 1 amide bonds. The second kappa shape index (κ2) is 8.30. The number of fused-ring (bicyclic) bond motifs is 1. The number of nitrogens with one attached hydrogen (secondary N) is 2. The lowest BCUT2D eigenvalue weighted by Gasteiger charge is -2.39. The van der Waals surface area contributed by atoms with Gasteiger partial charge in [0, 0.05) is 30.1 Å². The van der Waals surface area contributed by atoms with E-state index in [1.54, 1.807) is 6.07 Å². The quantitative estimate of drug-likeness (QED) is 0.712. The van der Waals surface area contributed by atoms with Crippen LogP contribution in [0.2, 0.25) is 0 Å². The smallest absolute Gasteiger partial charge is 0.367 e. The van der Waals surface area contributed by atoms with Crippen LogP contribution in [0.3, 0.4) is 0 Å². The molecule has 9 heteroatoms. The number of anilines is 1. The van der Waals surface area contributed by atoms with Gasteiger partial charge >= 0.3 is 6.18 Å². The molecule has 2 N–H and O–H groups in total. The molecule has 0 aliphatic carbocycles. The molecule has 6 nitrogen and oxygen atoms in total. The third-order valence-corrected chi connectivity index (χ3v) is 6.67. The van der Waals surface area contributed by atoms with E-state index >= 15 is 0 Å². The summed E-state index contributed by atoms with van der Waals surface area (Å²) in [6.07, 6.45) is -2.77. The van der Waals surface area contributed by atoms with Crippen LogP contribution in [-0.2, 0) is 4.79 Å². The summed E-state index contributed by atoms with van der Waals surface area (Å²) in [7, 11) is 0. The first kappa shape index (κ1) is 23.9. The van der Waals surface area contributed by atoms with Gasteiger partial charge in [0.25, 0.3) is 0 Å². The number of likely N-dealkylation sites (tertiary alicyclic amines) is 1. The van der Waals surface area contributed by atoms with E-state index < -0.39 is 12.2 Å². The number of halogens is 3. The van der Waals surface area contributed by atoms with Gasteiger partial charge in [-0.3, -0.25) is 9.69 Å². The largest absolute Gasteiger partial charge is 0.410 e. The molecule has 0 aromatic carbocycles. The number of alkyl halides is 3. The monoisotopic (exact) mass is 443 g/mol. The predicted molar refractivity (Wildman–Crippen MR) is 115 cm³/mol. The van der Waals surface area contributed by atoms with Crippen LogP contribution in [0, 0.1) is 5.41 Å². The lowest BCUT2D eigenvalue weighted by Crippen LogP contribution is -2.47. The van der Waals surface area contributed by atoms with E-state index in [4.69, 9.17) is 0 Å². The normalized spacial score (nSPS) is 25.3. The highest BCUT2D eigenvalue weighted by molar-refractivity contribution is 5.78. The Balaban J connectivity index is 1.72. The molecular weight excluding hydrogens is 407 g/mol. The fraction of sp³-hybridized carbons (Fsp3) is 0.818. The third-order valence-electron chi connectivity index (χ3n) is 6.67. The first-order valence-corrected chi connectivity index (χ1v) is 11.2. The molecule has 31 heavy (non-hydrogen) atoms. The molecule has 0 unspecified atom stereocenters. The zero-order valence-corrected chi connectivity index (χ0v) is 19.4. The van der Waals surface area contributed by atoms with E-state index in [0.29, 0.717) is 24.6 Å². The number of hydrogen-bond acceptors (Lipinski definition) is 4. The van der Waals surface area contributed by atoms with Crippen molar-refractivity contribution in [1.29, 1.82) is 0 Å². The molecule has 0 bridgehead atoms. The summed E-state index contributed by atoms with van der Waals surface area (Å²) in [4.78, 5) is 14.4. The number of amides is 1. The maximum atomic E-state index is 13.8. The average molecular weight is 444 g/mol. The minimum atomic E-state index is -4.35. The molecule has 1 aromatic heterocycles. The van der Waals surface area contributed by atoms with Crippen molar-refractivity contribution in [2.45, 2.75) is 90.5 Å². The standard InChI is InChI=1S/C22H36F3N5O/c1-7-21(5,6)27-19(31)13-29-9-8-14(12-29)15-10-18-26-16(20(2,3)4)11-17(22(23,24)25)30(18)28-15/h10,14,16-17,26H,7-9,11-13H2,1-6H3,(H,27,31)/t14-,16-,17+/m0/s1. The van der Waals surface area contributed by atoms with Crippen LogP contribution >= 0.6 is 0 Å². The maximum absolute atomic E-state index is 13.8. The predicted octanol–water partition coefficient (Wildman–Crippen LogP) is 4.31. The summed E-state index contributed by atoms with van der Waals surface area (Å²) in [5, 5.41) is 10.7. The van der Waals surface area contributed by atoms with Gasteiger partial charge in [0.2, 0.25) is 5.91 Å². The second-order valence-corrected chi connectivity index (χ2v) is 10.8. The number of carbonyl (C=O) groups excluding carboxylic acids is 1. The molecule has 3 heterocycles. The van der Waals surface area contributed by atoms with Crippen LogP contribution in [0.25, 0.3) is 0 Å². The summed E-state index contributed by atoms with van der Waals surface area (Å²) in [6.45, 7) is 13.5. The van der Waals surface area contributed by atoms with E-state index in [-0.39, 0.29) is 35.2 Å². The van der Waals surface area contributed by atoms with E-state index in [1.165, 1.54) is 0 Å². The van der Waals surface area contributed by atoms with Crippen LogP contribution in [0.15, 0.2) is 6.07 Å². The zero-order valence-electron chi connectivity index (χ0n) is 19.4.